The van der Waals surface area contributed by atoms with E-state index in [2.05, 4.69) is 15.9 Å². The number of carbonyl (C=O) groups excluding carboxylic acids is 1. The fraction of sp³-hybridized carbons (Fsp3) is 0.0455. The molecule has 0 bridgehead atoms. The van der Waals surface area contributed by atoms with E-state index in [0.29, 0.717) is 16.9 Å². The number of fused-ring (bicyclic) bond motifs is 1. The van der Waals surface area contributed by atoms with E-state index in [-0.39, 0.29) is 5.78 Å². The number of ketones is 1. The number of carbonyl (C=O) groups is 1. The highest BCUT2D eigenvalue weighted by Gasteiger charge is 2.32. The Kier molecular flexibility index (Phi) is 4.24. The van der Waals surface area contributed by atoms with Crippen molar-refractivity contribution >= 4 is 27.8 Å². The van der Waals surface area contributed by atoms with Crippen LogP contribution in [-0.2, 0) is 0 Å². The molecule has 4 rings (SSSR count). The van der Waals surface area contributed by atoms with Crippen LogP contribution >= 0.6 is 15.9 Å². The Morgan fingerprint density at radius 1 is 0.840 bits per heavy atom. The summed E-state index contributed by atoms with van der Waals surface area (Å²) in [4.78, 5) is 13.1. The molecule has 3 aromatic carbocycles. The molecule has 1 aliphatic heterocycles. The molecule has 25 heavy (non-hydrogen) atoms. The van der Waals surface area contributed by atoms with E-state index >= 15 is 0 Å². The van der Waals surface area contributed by atoms with E-state index in [4.69, 9.17) is 4.74 Å². The summed E-state index contributed by atoms with van der Waals surface area (Å²) in [5, 5.41) is 0. The van der Waals surface area contributed by atoms with Crippen LogP contribution in [0.2, 0.25) is 0 Å². The van der Waals surface area contributed by atoms with Crippen LogP contribution in [0, 0.1) is 0 Å². The van der Waals surface area contributed by atoms with Gasteiger partial charge in [0, 0.05) is 10.0 Å². The number of rotatable bonds is 2. The summed E-state index contributed by atoms with van der Waals surface area (Å²) >= 11 is 3.44. The van der Waals surface area contributed by atoms with Gasteiger partial charge in [0.1, 0.15) is 5.75 Å². The molecular formula is C22H15BrO2. The number of hydrogen-bond donors (Lipinski definition) is 0. The van der Waals surface area contributed by atoms with Crippen LogP contribution in [0.3, 0.4) is 0 Å². The molecule has 3 heteroatoms. The van der Waals surface area contributed by atoms with Gasteiger partial charge >= 0.3 is 0 Å². The zero-order chi connectivity index (χ0) is 17.2. The molecular weight excluding hydrogens is 376 g/mol. The van der Waals surface area contributed by atoms with Crippen molar-refractivity contribution in [3.05, 3.63) is 106 Å². The topological polar surface area (TPSA) is 26.3 Å². The second-order valence-electron chi connectivity index (χ2n) is 5.89. The quantitative estimate of drug-likeness (QED) is 0.513. The molecule has 3 aromatic rings. The Morgan fingerprint density at radius 2 is 1.52 bits per heavy atom. The Balaban J connectivity index is 1.85. The standard InChI is InChI=1S/C22H15BrO2/c23-17-12-10-15(11-13-17)14-19-21(24)18-8-4-5-9-20(18)25-22(19)16-6-2-1-3-7-16/h1-14,22H. The van der Waals surface area contributed by atoms with Gasteiger partial charge in [-0.25, -0.2) is 0 Å². The smallest absolute Gasteiger partial charge is 0.196 e. The molecule has 1 atom stereocenters. The van der Waals surface area contributed by atoms with Crippen molar-refractivity contribution in [1.82, 2.24) is 0 Å². The predicted octanol–water partition coefficient (Wildman–Crippen LogP) is 5.85. The minimum absolute atomic E-state index is 0.0126. The van der Waals surface area contributed by atoms with Crippen molar-refractivity contribution in [1.29, 1.82) is 0 Å². The number of benzene rings is 3. The van der Waals surface area contributed by atoms with Crippen LogP contribution < -0.4 is 4.74 Å². The van der Waals surface area contributed by atoms with Crippen LogP contribution in [0.1, 0.15) is 27.6 Å². The van der Waals surface area contributed by atoms with Crippen molar-refractivity contribution in [2.75, 3.05) is 0 Å². The number of Topliss-reactive ketones (excluding diaryl/α,β-unsaturated/α-hetero) is 1. The molecule has 0 aliphatic carbocycles. The third-order valence-electron chi connectivity index (χ3n) is 4.22. The third kappa shape index (κ3) is 3.15. The minimum atomic E-state index is -0.410. The second-order valence-corrected chi connectivity index (χ2v) is 6.80. The van der Waals surface area contributed by atoms with Crippen molar-refractivity contribution in [2.24, 2.45) is 0 Å². The lowest BCUT2D eigenvalue weighted by molar-refractivity contribution is 0.0963. The molecule has 0 amide bonds. The van der Waals surface area contributed by atoms with Gasteiger partial charge in [0.2, 0.25) is 0 Å². The maximum atomic E-state index is 13.1. The van der Waals surface area contributed by atoms with Crippen LogP contribution in [0.15, 0.2) is 88.9 Å². The zero-order valence-electron chi connectivity index (χ0n) is 13.4. The molecule has 2 nitrogen and oxygen atoms in total. The number of halogens is 1. The normalized spacial score (nSPS) is 17.9. The number of para-hydroxylation sites is 1. The Hall–Kier alpha value is -2.65. The van der Waals surface area contributed by atoms with Gasteiger partial charge < -0.3 is 4.74 Å². The van der Waals surface area contributed by atoms with E-state index in [9.17, 15) is 4.79 Å². The Labute approximate surface area is 154 Å². The predicted molar refractivity (Wildman–Crippen MR) is 103 cm³/mol. The number of hydrogen-bond acceptors (Lipinski definition) is 2. The van der Waals surface area contributed by atoms with Gasteiger partial charge in [0.25, 0.3) is 0 Å². The van der Waals surface area contributed by atoms with E-state index < -0.39 is 6.10 Å². The molecule has 0 aromatic heterocycles. The lowest BCUT2D eigenvalue weighted by atomic mass is 9.89. The first-order chi connectivity index (χ1) is 12.2. The van der Waals surface area contributed by atoms with Gasteiger partial charge in [-0.15, -0.1) is 0 Å². The molecule has 122 valence electrons. The first kappa shape index (κ1) is 15.9. The SMILES string of the molecule is O=C1C(=Cc2ccc(Br)cc2)C(c2ccccc2)Oc2ccccc21. The summed E-state index contributed by atoms with van der Waals surface area (Å²) in [5.74, 6) is 0.646. The largest absolute Gasteiger partial charge is 0.480 e. The maximum absolute atomic E-state index is 13.1. The van der Waals surface area contributed by atoms with Crippen molar-refractivity contribution in [3.63, 3.8) is 0 Å². The van der Waals surface area contributed by atoms with Crippen molar-refractivity contribution in [3.8, 4) is 5.75 Å². The van der Waals surface area contributed by atoms with E-state index in [0.717, 1.165) is 15.6 Å². The lowest BCUT2D eigenvalue weighted by Crippen LogP contribution is -2.23. The average Bonchev–Trinajstić information content (AvgIpc) is 2.66. The average molecular weight is 391 g/mol. The van der Waals surface area contributed by atoms with Gasteiger partial charge in [0.05, 0.1) is 5.56 Å². The van der Waals surface area contributed by atoms with Gasteiger partial charge in [-0.3, -0.25) is 4.79 Å². The lowest BCUT2D eigenvalue weighted by Gasteiger charge is -2.28. The molecule has 0 radical (unpaired) electrons. The number of ether oxygens (including phenoxy) is 1. The highest BCUT2D eigenvalue weighted by molar-refractivity contribution is 9.10. The van der Waals surface area contributed by atoms with Gasteiger partial charge in [0.15, 0.2) is 11.9 Å². The molecule has 0 saturated heterocycles. The van der Waals surface area contributed by atoms with Gasteiger partial charge in [-0.2, -0.15) is 0 Å². The fourth-order valence-corrected chi connectivity index (χ4v) is 3.24. The van der Waals surface area contributed by atoms with E-state index in [1.807, 2.05) is 84.9 Å². The monoisotopic (exact) mass is 390 g/mol. The molecule has 1 aliphatic rings. The zero-order valence-corrected chi connectivity index (χ0v) is 14.9. The van der Waals surface area contributed by atoms with Crippen LogP contribution in [0.4, 0.5) is 0 Å². The summed E-state index contributed by atoms with van der Waals surface area (Å²) < 4.78 is 7.20. The first-order valence-corrected chi connectivity index (χ1v) is 8.84. The Bertz CT molecular complexity index is 943. The van der Waals surface area contributed by atoms with Gasteiger partial charge in [-0.05, 0) is 41.5 Å². The molecule has 0 spiro atoms. The summed E-state index contributed by atoms with van der Waals surface area (Å²) in [6.45, 7) is 0. The highest BCUT2D eigenvalue weighted by atomic mass is 79.9. The Morgan fingerprint density at radius 3 is 2.28 bits per heavy atom. The minimum Gasteiger partial charge on any atom is -0.480 e. The summed E-state index contributed by atoms with van der Waals surface area (Å²) in [5.41, 5.74) is 3.19. The van der Waals surface area contributed by atoms with Gasteiger partial charge in [-0.1, -0.05) is 70.5 Å². The first-order valence-electron chi connectivity index (χ1n) is 8.05. The molecule has 0 fully saturated rings. The molecule has 1 heterocycles. The second kappa shape index (κ2) is 6.69. The van der Waals surface area contributed by atoms with Crippen LogP contribution in [0.25, 0.3) is 6.08 Å². The third-order valence-corrected chi connectivity index (χ3v) is 4.74. The molecule has 1 unspecified atom stereocenters. The molecule has 0 N–H and O–H groups in total. The summed E-state index contributed by atoms with van der Waals surface area (Å²) in [6.07, 6.45) is 1.51. The molecule has 0 saturated carbocycles. The van der Waals surface area contributed by atoms with Crippen molar-refractivity contribution in [2.45, 2.75) is 6.10 Å². The summed E-state index contributed by atoms with van der Waals surface area (Å²) in [7, 11) is 0. The highest BCUT2D eigenvalue weighted by Crippen LogP contribution is 2.39. The van der Waals surface area contributed by atoms with E-state index in [1.54, 1.807) is 0 Å². The summed E-state index contributed by atoms with van der Waals surface area (Å²) in [6, 6.07) is 25.1. The van der Waals surface area contributed by atoms with Crippen molar-refractivity contribution < 1.29 is 9.53 Å². The maximum Gasteiger partial charge on any atom is 0.196 e. The van der Waals surface area contributed by atoms with E-state index in [1.165, 1.54) is 0 Å². The van der Waals surface area contributed by atoms with Crippen LogP contribution in [0.5, 0.6) is 5.75 Å². The fourth-order valence-electron chi connectivity index (χ4n) is 2.98. The van der Waals surface area contributed by atoms with Crippen LogP contribution in [-0.4, -0.2) is 5.78 Å².